The highest BCUT2D eigenvalue weighted by molar-refractivity contribution is 6.03. The van der Waals surface area contributed by atoms with E-state index in [0.717, 1.165) is 0 Å². The monoisotopic (exact) mass is 355 g/mol. The number of para-hydroxylation sites is 3. The fourth-order valence-corrected chi connectivity index (χ4v) is 2.35. The molecule has 5 nitrogen and oxygen atoms in total. The van der Waals surface area contributed by atoms with Gasteiger partial charge in [-0.15, -0.1) is 0 Å². The zero-order valence-electron chi connectivity index (χ0n) is 13.5. The van der Waals surface area contributed by atoms with Gasteiger partial charge in [0.1, 0.15) is 5.75 Å². The molecule has 0 aliphatic carbocycles. The van der Waals surface area contributed by atoms with E-state index in [1.807, 2.05) is 12.1 Å². The van der Waals surface area contributed by atoms with Crippen molar-refractivity contribution in [2.45, 2.75) is 6.61 Å². The molecule has 0 saturated carbocycles. The summed E-state index contributed by atoms with van der Waals surface area (Å²) in [5.41, 5.74) is 1.66. The predicted octanol–water partition coefficient (Wildman–Crippen LogP) is 4.13. The number of rotatable bonds is 6. The highest BCUT2D eigenvalue weighted by atomic mass is 19.3. The lowest BCUT2D eigenvalue weighted by Gasteiger charge is -2.10. The van der Waals surface area contributed by atoms with E-state index >= 15 is 0 Å². The molecular formula is C19H15F2N3O2. The Morgan fingerprint density at radius 3 is 2.65 bits per heavy atom. The molecular weight excluding hydrogens is 340 g/mol. The van der Waals surface area contributed by atoms with Gasteiger partial charge >= 0.3 is 6.61 Å². The average molecular weight is 355 g/mol. The molecule has 2 aromatic carbocycles. The molecule has 1 N–H and O–H groups in total. The highest BCUT2D eigenvalue weighted by Crippen LogP contribution is 2.22. The fourth-order valence-electron chi connectivity index (χ4n) is 2.35. The van der Waals surface area contributed by atoms with Crippen LogP contribution >= 0.6 is 0 Å². The summed E-state index contributed by atoms with van der Waals surface area (Å²) >= 11 is 0. The Kier molecular flexibility index (Phi) is 5.38. The van der Waals surface area contributed by atoms with Gasteiger partial charge in [-0.2, -0.15) is 13.9 Å². The molecule has 0 aliphatic rings. The maximum Gasteiger partial charge on any atom is 0.387 e. The molecule has 3 rings (SSSR count). The lowest BCUT2D eigenvalue weighted by atomic mass is 10.2. The molecule has 0 spiro atoms. The number of halogens is 2. The molecule has 3 aromatic rings. The second-order valence-electron chi connectivity index (χ2n) is 5.21. The van der Waals surface area contributed by atoms with Gasteiger partial charge in [-0.25, -0.2) is 4.68 Å². The molecule has 1 amide bonds. The fraction of sp³-hybridized carbons (Fsp3) is 0.0526. The second kappa shape index (κ2) is 8.06. The van der Waals surface area contributed by atoms with E-state index in [1.165, 1.54) is 18.2 Å². The van der Waals surface area contributed by atoms with Crippen molar-refractivity contribution in [1.29, 1.82) is 0 Å². The summed E-state index contributed by atoms with van der Waals surface area (Å²) in [5, 5.41) is 6.90. The van der Waals surface area contributed by atoms with Crippen LogP contribution in [-0.2, 0) is 4.79 Å². The van der Waals surface area contributed by atoms with E-state index in [9.17, 15) is 13.6 Å². The van der Waals surface area contributed by atoms with Gasteiger partial charge in [0.2, 0.25) is 5.91 Å². The maximum atomic E-state index is 12.4. The Hall–Kier alpha value is -3.48. The van der Waals surface area contributed by atoms with Gasteiger partial charge < -0.3 is 10.1 Å². The number of amides is 1. The Morgan fingerprint density at radius 1 is 1.12 bits per heavy atom. The first-order valence-corrected chi connectivity index (χ1v) is 7.75. The van der Waals surface area contributed by atoms with Crippen LogP contribution in [0.2, 0.25) is 0 Å². The standard InChI is InChI=1S/C19H15F2N3O2/c20-19(21)26-17-9-4-1-6-14(17)10-11-18(25)23-15-7-2-3-8-16(15)24-13-5-12-22-24/h1-13,19H,(H,23,25)/b11-10+. The van der Waals surface area contributed by atoms with Crippen molar-refractivity contribution >= 4 is 17.7 Å². The smallest absolute Gasteiger partial charge is 0.387 e. The lowest BCUT2D eigenvalue weighted by Crippen LogP contribution is -2.11. The molecule has 0 saturated heterocycles. The van der Waals surface area contributed by atoms with Crippen molar-refractivity contribution in [3.63, 3.8) is 0 Å². The summed E-state index contributed by atoms with van der Waals surface area (Å²) in [7, 11) is 0. The highest BCUT2D eigenvalue weighted by Gasteiger charge is 2.09. The summed E-state index contributed by atoms with van der Waals surface area (Å²) in [5.74, 6) is -0.403. The van der Waals surface area contributed by atoms with Gasteiger partial charge in [-0.1, -0.05) is 30.3 Å². The van der Waals surface area contributed by atoms with Crippen LogP contribution in [0.5, 0.6) is 5.75 Å². The molecule has 26 heavy (non-hydrogen) atoms. The summed E-state index contributed by atoms with van der Waals surface area (Å²) < 4.78 is 30.9. The molecule has 7 heteroatoms. The zero-order chi connectivity index (χ0) is 18.4. The van der Waals surface area contributed by atoms with Crippen LogP contribution < -0.4 is 10.1 Å². The van der Waals surface area contributed by atoms with Crippen LogP contribution in [0.15, 0.2) is 73.1 Å². The average Bonchev–Trinajstić information content (AvgIpc) is 3.15. The van der Waals surface area contributed by atoms with E-state index in [2.05, 4.69) is 15.2 Å². The molecule has 0 fully saturated rings. The predicted molar refractivity (Wildman–Crippen MR) is 94.3 cm³/mol. The van der Waals surface area contributed by atoms with Crippen LogP contribution in [0.1, 0.15) is 5.56 Å². The Balaban J connectivity index is 1.76. The van der Waals surface area contributed by atoms with Crippen molar-refractivity contribution in [3.05, 3.63) is 78.6 Å². The van der Waals surface area contributed by atoms with E-state index in [1.54, 1.807) is 53.5 Å². The Morgan fingerprint density at radius 2 is 1.88 bits per heavy atom. The number of nitrogens with zero attached hydrogens (tertiary/aromatic N) is 2. The largest absolute Gasteiger partial charge is 0.434 e. The molecule has 0 bridgehead atoms. The van der Waals surface area contributed by atoms with Crippen LogP contribution in [0.25, 0.3) is 11.8 Å². The minimum Gasteiger partial charge on any atom is -0.434 e. The van der Waals surface area contributed by atoms with Gasteiger partial charge in [0.05, 0.1) is 11.4 Å². The normalized spacial score (nSPS) is 11.0. The number of hydrogen-bond donors (Lipinski definition) is 1. The van der Waals surface area contributed by atoms with Crippen molar-refractivity contribution < 1.29 is 18.3 Å². The minimum atomic E-state index is -2.93. The van der Waals surface area contributed by atoms with Crippen molar-refractivity contribution in [2.24, 2.45) is 0 Å². The molecule has 132 valence electrons. The molecule has 1 heterocycles. The maximum absolute atomic E-state index is 12.4. The van der Waals surface area contributed by atoms with Crippen LogP contribution in [0.3, 0.4) is 0 Å². The van der Waals surface area contributed by atoms with Gasteiger partial charge in [0, 0.05) is 24.0 Å². The molecule has 0 aliphatic heterocycles. The van der Waals surface area contributed by atoms with Gasteiger partial charge in [0.25, 0.3) is 0 Å². The summed E-state index contributed by atoms with van der Waals surface area (Å²) in [6, 6.07) is 15.2. The number of nitrogens with one attached hydrogen (secondary N) is 1. The quantitative estimate of drug-likeness (QED) is 0.677. The lowest BCUT2D eigenvalue weighted by molar-refractivity contribution is -0.111. The number of benzene rings is 2. The second-order valence-corrected chi connectivity index (χ2v) is 5.21. The summed E-state index contributed by atoms with van der Waals surface area (Å²) in [6.45, 7) is -2.93. The number of anilines is 1. The number of hydrogen-bond acceptors (Lipinski definition) is 3. The molecule has 1 aromatic heterocycles. The van der Waals surface area contributed by atoms with Gasteiger partial charge in [0.15, 0.2) is 0 Å². The van der Waals surface area contributed by atoms with Crippen molar-refractivity contribution in [3.8, 4) is 11.4 Å². The van der Waals surface area contributed by atoms with E-state index in [-0.39, 0.29) is 5.75 Å². The molecule has 0 radical (unpaired) electrons. The third kappa shape index (κ3) is 4.32. The Labute approximate surface area is 148 Å². The first kappa shape index (κ1) is 17.3. The first-order chi connectivity index (χ1) is 12.6. The SMILES string of the molecule is O=C(/C=C/c1ccccc1OC(F)F)Nc1ccccc1-n1cccn1. The van der Waals surface area contributed by atoms with E-state index < -0.39 is 12.5 Å². The number of carbonyl (C=O) groups excluding carboxylic acids is 1. The van der Waals surface area contributed by atoms with Gasteiger partial charge in [-0.3, -0.25) is 4.79 Å². The van der Waals surface area contributed by atoms with Crippen LogP contribution in [-0.4, -0.2) is 22.3 Å². The Bertz CT molecular complexity index is 909. The number of alkyl halides is 2. The summed E-state index contributed by atoms with van der Waals surface area (Å²) in [4.78, 5) is 12.2. The van der Waals surface area contributed by atoms with Crippen molar-refractivity contribution in [2.75, 3.05) is 5.32 Å². The summed E-state index contributed by atoms with van der Waals surface area (Å²) in [6.07, 6.45) is 6.08. The van der Waals surface area contributed by atoms with Gasteiger partial charge in [-0.05, 0) is 30.3 Å². The van der Waals surface area contributed by atoms with E-state index in [0.29, 0.717) is 16.9 Å². The minimum absolute atomic E-state index is 0.00323. The molecule has 0 atom stereocenters. The van der Waals surface area contributed by atoms with Crippen molar-refractivity contribution in [1.82, 2.24) is 9.78 Å². The topological polar surface area (TPSA) is 56.1 Å². The van der Waals surface area contributed by atoms with Crippen LogP contribution in [0.4, 0.5) is 14.5 Å². The number of aromatic nitrogens is 2. The molecule has 0 unspecified atom stereocenters. The third-order valence-corrected chi connectivity index (χ3v) is 3.46. The third-order valence-electron chi connectivity index (χ3n) is 3.46. The first-order valence-electron chi connectivity index (χ1n) is 7.75. The van der Waals surface area contributed by atoms with Crippen LogP contribution in [0, 0.1) is 0 Å². The van der Waals surface area contributed by atoms with E-state index in [4.69, 9.17) is 0 Å². The number of carbonyl (C=O) groups is 1. The number of ether oxygens (including phenoxy) is 1. The zero-order valence-corrected chi connectivity index (χ0v) is 13.5.